The van der Waals surface area contributed by atoms with Gasteiger partial charge in [-0.2, -0.15) is 0 Å². The summed E-state index contributed by atoms with van der Waals surface area (Å²) < 4.78 is 5.56. The van der Waals surface area contributed by atoms with Gasteiger partial charge in [-0.05, 0) is 48.4 Å². The van der Waals surface area contributed by atoms with Gasteiger partial charge in [0.2, 0.25) is 0 Å². The first kappa shape index (κ1) is 13.9. The van der Waals surface area contributed by atoms with Gasteiger partial charge in [0.05, 0.1) is 6.61 Å². The first-order valence-corrected chi connectivity index (χ1v) is 8.13. The van der Waals surface area contributed by atoms with Crippen molar-refractivity contribution in [3.8, 4) is 5.75 Å². The average Bonchev–Trinajstić information content (AvgIpc) is 2.88. The summed E-state index contributed by atoms with van der Waals surface area (Å²) in [6, 6.07) is 7.38. The van der Waals surface area contributed by atoms with Gasteiger partial charge in [0.25, 0.3) is 0 Å². The van der Waals surface area contributed by atoms with Crippen molar-refractivity contribution in [2.45, 2.75) is 58.4 Å². The van der Waals surface area contributed by atoms with Crippen molar-refractivity contribution in [1.29, 1.82) is 0 Å². The summed E-state index contributed by atoms with van der Waals surface area (Å²) in [5.41, 5.74) is 3.29. The van der Waals surface area contributed by atoms with E-state index in [1.807, 2.05) is 0 Å². The van der Waals surface area contributed by atoms with Crippen LogP contribution in [0.1, 0.15) is 50.7 Å². The van der Waals surface area contributed by atoms with E-state index in [0.717, 1.165) is 31.7 Å². The van der Waals surface area contributed by atoms with Gasteiger partial charge in [0.15, 0.2) is 0 Å². The van der Waals surface area contributed by atoms with Crippen LogP contribution in [0.3, 0.4) is 0 Å². The molecule has 0 radical (unpaired) electrons. The zero-order valence-corrected chi connectivity index (χ0v) is 12.9. The lowest BCUT2D eigenvalue weighted by Gasteiger charge is -2.39. The molecule has 1 heterocycles. The molecule has 3 rings (SSSR count). The summed E-state index contributed by atoms with van der Waals surface area (Å²) in [5.74, 6) is 1.09. The van der Waals surface area contributed by atoms with Crippen molar-refractivity contribution in [2.75, 3.05) is 13.2 Å². The SMILES string of the molecule is CC1(C)CCCCC1NCCc1ccc2c(c1)CCO2. The van der Waals surface area contributed by atoms with Crippen molar-refractivity contribution in [3.05, 3.63) is 29.3 Å². The molecule has 2 aliphatic rings. The van der Waals surface area contributed by atoms with E-state index in [1.165, 1.54) is 36.8 Å². The zero-order chi connectivity index (χ0) is 14.0. The Labute approximate surface area is 122 Å². The van der Waals surface area contributed by atoms with Gasteiger partial charge in [0, 0.05) is 12.5 Å². The molecular formula is C18H27NO. The maximum absolute atomic E-state index is 5.56. The maximum Gasteiger partial charge on any atom is 0.122 e. The summed E-state index contributed by atoms with van der Waals surface area (Å²) in [5, 5.41) is 3.80. The third-order valence-corrected chi connectivity index (χ3v) is 5.07. The highest BCUT2D eigenvalue weighted by Crippen LogP contribution is 2.35. The lowest BCUT2D eigenvalue weighted by molar-refractivity contribution is 0.169. The molecule has 1 saturated carbocycles. The average molecular weight is 273 g/mol. The van der Waals surface area contributed by atoms with Gasteiger partial charge in [-0.25, -0.2) is 0 Å². The van der Waals surface area contributed by atoms with Crippen LogP contribution in [0.2, 0.25) is 0 Å². The van der Waals surface area contributed by atoms with Crippen LogP contribution in [0.4, 0.5) is 0 Å². The van der Waals surface area contributed by atoms with E-state index in [2.05, 4.69) is 37.4 Å². The minimum absolute atomic E-state index is 0.462. The normalized spacial score (nSPS) is 24.2. The minimum Gasteiger partial charge on any atom is -0.493 e. The molecule has 0 saturated heterocycles. The van der Waals surface area contributed by atoms with Gasteiger partial charge < -0.3 is 10.1 Å². The molecule has 1 aliphatic carbocycles. The molecule has 1 atom stereocenters. The highest BCUT2D eigenvalue weighted by Gasteiger charge is 2.31. The predicted octanol–water partition coefficient (Wildman–Crippen LogP) is 3.72. The second kappa shape index (κ2) is 5.77. The zero-order valence-electron chi connectivity index (χ0n) is 12.9. The van der Waals surface area contributed by atoms with Crippen LogP contribution >= 0.6 is 0 Å². The van der Waals surface area contributed by atoms with E-state index in [4.69, 9.17) is 4.74 Å². The number of nitrogens with one attached hydrogen (secondary N) is 1. The van der Waals surface area contributed by atoms with Gasteiger partial charge in [-0.3, -0.25) is 0 Å². The van der Waals surface area contributed by atoms with Gasteiger partial charge in [-0.1, -0.05) is 38.8 Å². The molecule has 0 spiro atoms. The minimum atomic E-state index is 0.462. The van der Waals surface area contributed by atoms with Crippen LogP contribution in [0.25, 0.3) is 0 Å². The molecule has 1 aromatic carbocycles. The highest BCUT2D eigenvalue weighted by atomic mass is 16.5. The van der Waals surface area contributed by atoms with E-state index >= 15 is 0 Å². The molecule has 1 unspecified atom stereocenters. The topological polar surface area (TPSA) is 21.3 Å². The van der Waals surface area contributed by atoms with Crippen molar-refractivity contribution >= 4 is 0 Å². The Kier molecular flexibility index (Phi) is 4.02. The summed E-state index contributed by atoms with van der Waals surface area (Å²) in [4.78, 5) is 0. The maximum atomic E-state index is 5.56. The van der Waals surface area contributed by atoms with E-state index < -0.39 is 0 Å². The Balaban J connectivity index is 1.52. The van der Waals surface area contributed by atoms with Crippen LogP contribution in [-0.4, -0.2) is 19.2 Å². The van der Waals surface area contributed by atoms with Gasteiger partial charge in [-0.15, -0.1) is 0 Å². The predicted molar refractivity (Wildman–Crippen MR) is 83.4 cm³/mol. The molecule has 2 heteroatoms. The Morgan fingerprint density at radius 1 is 1.30 bits per heavy atom. The van der Waals surface area contributed by atoms with Crippen LogP contribution in [0.15, 0.2) is 18.2 Å². The molecule has 0 amide bonds. The number of rotatable bonds is 4. The van der Waals surface area contributed by atoms with Crippen LogP contribution < -0.4 is 10.1 Å². The van der Waals surface area contributed by atoms with Crippen LogP contribution in [0, 0.1) is 5.41 Å². The summed E-state index contributed by atoms with van der Waals surface area (Å²) in [6.45, 7) is 6.77. The van der Waals surface area contributed by atoms with E-state index in [1.54, 1.807) is 0 Å². The molecule has 1 aliphatic heterocycles. The second-order valence-electron chi connectivity index (χ2n) is 7.03. The molecule has 1 aromatic rings. The van der Waals surface area contributed by atoms with Crippen molar-refractivity contribution in [3.63, 3.8) is 0 Å². The largest absolute Gasteiger partial charge is 0.493 e. The van der Waals surface area contributed by atoms with Gasteiger partial charge in [0.1, 0.15) is 5.75 Å². The van der Waals surface area contributed by atoms with Gasteiger partial charge >= 0.3 is 0 Å². The summed E-state index contributed by atoms with van der Waals surface area (Å²) in [7, 11) is 0. The molecule has 1 fully saturated rings. The number of hydrogen-bond acceptors (Lipinski definition) is 2. The quantitative estimate of drug-likeness (QED) is 0.902. The third kappa shape index (κ3) is 3.01. The molecule has 110 valence electrons. The Bertz CT molecular complexity index is 466. The summed E-state index contributed by atoms with van der Waals surface area (Å²) in [6.07, 6.45) is 7.69. The van der Waals surface area contributed by atoms with E-state index in [0.29, 0.717) is 11.5 Å². The fourth-order valence-electron chi connectivity index (χ4n) is 3.66. The third-order valence-electron chi connectivity index (χ3n) is 5.07. The fraction of sp³-hybridized carbons (Fsp3) is 0.667. The van der Waals surface area contributed by atoms with E-state index in [9.17, 15) is 0 Å². The van der Waals surface area contributed by atoms with Crippen LogP contribution in [0.5, 0.6) is 5.75 Å². The smallest absolute Gasteiger partial charge is 0.122 e. The van der Waals surface area contributed by atoms with E-state index in [-0.39, 0.29) is 0 Å². The molecule has 20 heavy (non-hydrogen) atoms. The molecule has 2 nitrogen and oxygen atoms in total. The number of benzene rings is 1. The number of hydrogen-bond donors (Lipinski definition) is 1. The second-order valence-corrected chi connectivity index (χ2v) is 7.03. The van der Waals surface area contributed by atoms with Crippen molar-refractivity contribution < 1.29 is 4.74 Å². The standard InChI is InChI=1S/C18H27NO/c1-18(2)10-4-3-5-17(18)19-11-8-14-6-7-16-15(13-14)9-12-20-16/h6-7,13,17,19H,3-5,8-12H2,1-2H3. The highest BCUT2D eigenvalue weighted by molar-refractivity contribution is 5.39. The fourth-order valence-corrected chi connectivity index (χ4v) is 3.66. The first-order valence-electron chi connectivity index (χ1n) is 8.13. The van der Waals surface area contributed by atoms with Crippen LogP contribution in [-0.2, 0) is 12.8 Å². The molecular weight excluding hydrogens is 246 g/mol. The lowest BCUT2D eigenvalue weighted by atomic mass is 9.73. The molecule has 0 bridgehead atoms. The Hall–Kier alpha value is -1.02. The first-order chi connectivity index (χ1) is 9.65. The molecule has 1 N–H and O–H groups in total. The summed E-state index contributed by atoms with van der Waals surface area (Å²) >= 11 is 0. The Morgan fingerprint density at radius 2 is 2.20 bits per heavy atom. The Morgan fingerprint density at radius 3 is 3.05 bits per heavy atom. The van der Waals surface area contributed by atoms with Crippen molar-refractivity contribution in [2.24, 2.45) is 5.41 Å². The monoisotopic (exact) mass is 273 g/mol. The van der Waals surface area contributed by atoms with Crippen molar-refractivity contribution in [1.82, 2.24) is 5.32 Å². The number of ether oxygens (including phenoxy) is 1. The number of fused-ring (bicyclic) bond motifs is 1. The lowest BCUT2D eigenvalue weighted by Crippen LogP contribution is -2.44. The molecule has 0 aromatic heterocycles.